The molecule has 0 unspecified atom stereocenters. The van der Waals surface area contributed by atoms with E-state index in [0.29, 0.717) is 24.3 Å². The van der Waals surface area contributed by atoms with Crippen molar-refractivity contribution in [3.63, 3.8) is 0 Å². The fourth-order valence-corrected chi connectivity index (χ4v) is 1.35. The van der Waals surface area contributed by atoms with Crippen molar-refractivity contribution < 1.29 is 4.74 Å². The zero-order chi connectivity index (χ0) is 10.7. The van der Waals surface area contributed by atoms with Gasteiger partial charge in [-0.1, -0.05) is 6.92 Å². The Morgan fingerprint density at radius 3 is 2.80 bits per heavy atom. The minimum absolute atomic E-state index is 0.307. The molecule has 0 aromatic carbocycles. The highest BCUT2D eigenvalue weighted by molar-refractivity contribution is 5.19. The summed E-state index contributed by atoms with van der Waals surface area (Å²) >= 11 is 0. The molecule has 1 fully saturated rings. The molecule has 2 N–H and O–H groups in total. The van der Waals surface area contributed by atoms with Gasteiger partial charge in [0.2, 0.25) is 5.95 Å². The van der Waals surface area contributed by atoms with Crippen LogP contribution in [0, 0.1) is 0 Å². The summed E-state index contributed by atoms with van der Waals surface area (Å²) in [4.78, 5) is 12.5. The first-order chi connectivity index (χ1) is 7.29. The van der Waals surface area contributed by atoms with Gasteiger partial charge in [-0.05, 0) is 19.3 Å². The van der Waals surface area contributed by atoms with Crippen LogP contribution >= 0.6 is 0 Å². The van der Waals surface area contributed by atoms with Gasteiger partial charge < -0.3 is 10.5 Å². The summed E-state index contributed by atoms with van der Waals surface area (Å²) in [6, 6.07) is 0. The molecule has 2 rings (SSSR count). The molecule has 5 heteroatoms. The van der Waals surface area contributed by atoms with Gasteiger partial charge in [0.1, 0.15) is 12.4 Å². The number of hydrogen-bond acceptors (Lipinski definition) is 5. The van der Waals surface area contributed by atoms with Crippen molar-refractivity contribution in [3.05, 3.63) is 11.6 Å². The topological polar surface area (TPSA) is 73.9 Å². The van der Waals surface area contributed by atoms with Gasteiger partial charge in [-0.15, -0.1) is 0 Å². The number of aromatic nitrogens is 3. The van der Waals surface area contributed by atoms with Crippen molar-refractivity contribution in [3.8, 4) is 0 Å². The van der Waals surface area contributed by atoms with Crippen molar-refractivity contribution >= 4 is 5.95 Å². The number of nitrogens with two attached hydrogens (primary N) is 1. The molecule has 1 aliphatic rings. The first-order valence-electron chi connectivity index (χ1n) is 5.37. The Morgan fingerprint density at radius 1 is 1.33 bits per heavy atom. The molecule has 1 saturated carbocycles. The van der Waals surface area contributed by atoms with Crippen LogP contribution in [0.1, 0.15) is 43.8 Å². The molecule has 0 bridgehead atoms. The Morgan fingerprint density at radius 2 is 2.13 bits per heavy atom. The smallest absolute Gasteiger partial charge is 0.223 e. The molecule has 5 nitrogen and oxygen atoms in total. The quantitative estimate of drug-likeness (QED) is 0.737. The number of rotatable bonds is 5. The predicted molar refractivity (Wildman–Crippen MR) is 56.2 cm³/mol. The Labute approximate surface area is 89.1 Å². The lowest BCUT2D eigenvalue weighted by Crippen LogP contribution is -2.08. The van der Waals surface area contributed by atoms with Crippen LogP contribution in [0.5, 0.6) is 0 Å². The fourth-order valence-electron chi connectivity index (χ4n) is 1.35. The van der Waals surface area contributed by atoms with Gasteiger partial charge in [0.25, 0.3) is 0 Å². The van der Waals surface area contributed by atoms with Crippen LogP contribution in [0.15, 0.2) is 0 Å². The molecule has 0 amide bonds. The van der Waals surface area contributed by atoms with Gasteiger partial charge in [0.15, 0.2) is 5.82 Å². The number of hydrogen-bond donors (Lipinski definition) is 1. The third-order valence-corrected chi connectivity index (χ3v) is 2.24. The van der Waals surface area contributed by atoms with E-state index in [1.165, 1.54) is 12.8 Å². The summed E-state index contributed by atoms with van der Waals surface area (Å²) in [6.45, 7) is 3.22. The molecule has 1 aromatic rings. The first kappa shape index (κ1) is 10.3. The van der Waals surface area contributed by atoms with Gasteiger partial charge >= 0.3 is 0 Å². The zero-order valence-corrected chi connectivity index (χ0v) is 8.94. The van der Waals surface area contributed by atoms with Crippen molar-refractivity contribution in [1.29, 1.82) is 0 Å². The lowest BCUT2D eigenvalue weighted by Gasteiger charge is -2.04. The Balaban J connectivity index is 2.02. The van der Waals surface area contributed by atoms with E-state index in [1.807, 2.05) is 0 Å². The van der Waals surface area contributed by atoms with E-state index in [2.05, 4.69) is 21.9 Å². The largest absolute Gasteiger partial charge is 0.373 e. The van der Waals surface area contributed by atoms with Crippen molar-refractivity contribution in [2.45, 2.75) is 38.7 Å². The minimum atomic E-state index is 0.307. The number of nitrogen functional groups attached to an aromatic ring is 1. The molecule has 1 aliphatic carbocycles. The van der Waals surface area contributed by atoms with Crippen molar-refractivity contribution in [1.82, 2.24) is 15.0 Å². The van der Waals surface area contributed by atoms with Gasteiger partial charge in [0.05, 0.1) is 0 Å². The first-order valence-corrected chi connectivity index (χ1v) is 5.37. The number of anilines is 1. The lowest BCUT2D eigenvalue weighted by atomic mass is 10.4. The maximum atomic E-state index is 5.61. The van der Waals surface area contributed by atoms with E-state index in [9.17, 15) is 0 Å². The van der Waals surface area contributed by atoms with Crippen LogP contribution in [0.4, 0.5) is 5.95 Å². The maximum Gasteiger partial charge on any atom is 0.223 e. The molecule has 0 saturated heterocycles. The molecule has 0 atom stereocenters. The highest BCUT2D eigenvalue weighted by Gasteiger charge is 2.27. The molecule has 1 heterocycles. The Kier molecular flexibility index (Phi) is 3.11. The predicted octanol–water partition coefficient (Wildman–Crippen LogP) is 1.26. The van der Waals surface area contributed by atoms with Crippen LogP contribution in [0.3, 0.4) is 0 Å². The van der Waals surface area contributed by atoms with E-state index in [4.69, 9.17) is 10.5 Å². The molecule has 1 aromatic heterocycles. The molecular formula is C10H16N4O. The summed E-state index contributed by atoms with van der Waals surface area (Å²) in [6.07, 6.45) is 3.33. The second-order valence-corrected chi connectivity index (χ2v) is 3.79. The molecular weight excluding hydrogens is 192 g/mol. The lowest BCUT2D eigenvalue weighted by molar-refractivity contribution is 0.116. The standard InChI is InChI=1S/C10H16N4O/c1-2-5-15-6-8-12-9(7-3-4-7)14-10(11)13-8/h7H,2-6H2,1H3,(H2,11,12,13,14). The summed E-state index contributed by atoms with van der Waals surface area (Å²) in [5.74, 6) is 2.29. The van der Waals surface area contributed by atoms with Crippen molar-refractivity contribution in [2.75, 3.05) is 12.3 Å². The number of ether oxygens (including phenoxy) is 1. The number of nitrogens with zero attached hydrogens (tertiary/aromatic N) is 3. The summed E-state index contributed by atoms with van der Waals surface area (Å²) in [5.41, 5.74) is 5.61. The van der Waals surface area contributed by atoms with E-state index in [1.54, 1.807) is 0 Å². The van der Waals surface area contributed by atoms with E-state index < -0.39 is 0 Å². The summed E-state index contributed by atoms with van der Waals surface area (Å²) < 4.78 is 5.37. The van der Waals surface area contributed by atoms with Gasteiger partial charge in [-0.3, -0.25) is 0 Å². The van der Waals surface area contributed by atoms with E-state index in [0.717, 1.165) is 18.9 Å². The molecule has 82 valence electrons. The average molecular weight is 208 g/mol. The second kappa shape index (κ2) is 4.53. The minimum Gasteiger partial charge on any atom is -0.373 e. The fraction of sp³-hybridized carbons (Fsp3) is 0.700. The Bertz CT molecular complexity index is 338. The second-order valence-electron chi connectivity index (χ2n) is 3.79. The summed E-state index contributed by atoms with van der Waals surface area (Å²) in [7, 11) is 0. The van der Waals surface area contributed by atoms with Gasteiger partial charge in [-0.25, -0.2) is 4.98 Å². The normalized spacial score (nSPS) is 15.5. The monoisotopic (exact) mass is 208 g/mol. The molecule has 15 heavy (non-hydrogen) atoms. The molecule has 0 spiro atoms. The van der Waals surface area contributed by atoms with Crippen molar-refractivity contribution in [2.24, 2.45) is 0 Å². The SMILES string of the molecule is CCCOCc1nc(N)nc(C2CC2)n1. The van der Waals surface area contributed by atoms with E-state index >= 15 is 0 Å². The van der Waals surface area contributed by atoms with Crippen LogP contribution < -0.4 is 5.73 Å². The molecule has 0 radical (unpaired) electrons. The zero-order valence-electron chi connectivity index (χ0n) is 8.94. The van der Waals surface area contributed by atoms with Gasteiger partial charge in [-0.2, -0.15) is 9.97 Å². The van der Waals surface area contributed by atoms with Crippen LogP contribution in [-0.4, -0.2) is 21.6 Å². The van der Waals surface area contributed by atoms with Gasteiger partial charge in [0, 0.05) is 12.5 Å². The molecule has 0 aliphatic heterocycles. The van der Waals surface area contributed by atoms with E-state index in [-0.39, 0.29) is 0 Å². The third-order valence-electron chi connectivity index (χ3n) is 2.24. The summed E-state index contributed by atoms with van der Waals surface area (Å²) in [5, 5.41) is 0. The average Bonchev–Trinajstić information content (AvgIpc) is 3.00. The maximum absolute atomic E-state index is 5.61. The van der Waals surface area contributed by atoms with Crippen LogP contribution in [0.25, 0.3) is 0 Å². The van der Waals surface area contributed by atoms with Crippen LogP contribution in [0.2, 0.25) is 0 Å². The van der Waals surface area contributed by atoms with Crippen LogP contribution in [-0.2, 0) is 11.3 Å². The highest BCUT2D eigenvalue weighted by atomic mass is 16.5. The highest BCUT2D eigenvalue weighted by Crippen LogP contribution is 2.37. The third kappa shape index (κ3) is 2.86. The Hall–Kier alpha value is -1.23.